The van der Waals surface area contributed by atoms with Crippen molar-refractivity contribution in [3.63, 3.8) is 0 Å². The summed E-state index contributed by atoms with van der Waals surface area (Å²) in [5.74, 6) is 0.965. The second-order valence-electron chi connectivity index (χ2n) is 11.8. The van der Waals surface area contributed by atoms with Crippen LogP contribution in [0.4, 0.5) is 11.8 Å². The molecule has 13 heteroatoms. The topological polar surface area (TPSA) is 134 Å². The average Bonchev–Trinajstić information content (AvgIpc) is 3.62. The third-order valence-corrected chi connectivity index (χ3v) is 9.70. The number of nitrogens with zero attached hydrogens (tertiary/aromatic N) is 5. The van der Waals surface area contributed by atoms with Crippen LogP contribution in [0.1, 0.15) is 43.5 Å². The highest BCUT2D eigenvalue weighted by atomic mass is 32.2. The van der Waals surface area contributed by atoms with Crippen LogP contribution in [0.5, 0.6) is 11.5 Å². The number of thioether (sulfide) groups is 1. The van der Waals surface area contributed by atoms with Crippen molar-refractivity contribution >= 4 is 57.3 Å². The van der Waals surface area contributed by atoms with Crippen molar-refractivity contribution in [1.29, 1.82) is 0 Å². The van der Waals surface area contributed by atoms with E-state index in [9.17, 15) is 19.2 Å². The van der Waals surface area contributed by atoms with Crippen LogP contribution in [-0.4, -0.2) is 101 Å². The summed E-state index contributed by atoms with van der Waals surface area (Å²) in [4.78, 5) is 67.5. The van der Waals surface area contributed by atoms with Gasteiger partial charge in [-0.3, -0.25) is 19.2 Å². The number of carbonyl (C=O) groups excluding carboxylic acids is 4. The van der Waals surface area contributed by atoms with E-state index < -0.39 is 12.0 Å². The maximum Gasteiger partial charge on any atom is 0.248 e. The first-order valence-electron chi connectivity index (χ1n) is 16.2. The number of methoxy groups -OCH3 is 2. The van der Waals surface area contributed by atoms with E-state index in [1.165, 1.54) is 7.11 Å². The van der Waals surface area contributed by atoms with E-state index in [0.29, 0.717) is 91.0 Å². The van der Waals surface area contributed by atoms with Gasteiger partial charge >= 0.3 is 0 Å². The van der Waals surface area contributed by atoms with Crippen LogP contribution in [0.3, 0.4) is 0 Å². The number of ether oxygens (including phenoxy) is 2. The lowest BCUT2D eigenvalue weighted by Crippen LogP contribution is -2.49. The molecule has 2 fully saturated rings. The van der Waals surface area contributed by atoms with Gasteiger partial charge < -0.3 is 29.5 Å². The zero-order valence-corrected chi connectivity index (χ0v) is 28.6. The molecule has 12 nitrogen and oxygen atoms in total. The average molecular weight is 675 g/mol. The van der Waals surface area contributed by atoms with E-state index in [2.05, 4.69) is 5.32 Å². The number of hydrogen-bond donors (Lipinski definition) is 1. The fraction of sp³-hybridized carbons (Fsp3) is 0.429. The van der Waals surface area contributed by atoms with E-state index in [4.69, 9.17) is 19.4 Å². The number of aromatic nitrogens is 2. The van der Waals surface area contributed by atoms with Crippen LogP contribution in [0, 0.1) is 5.92 Å². The minimum Gasteiger partial charge on any atom is -0.493 e. The number of carbonyl (C=O) groups is 4. The van der Waals surface area contributed by atoms with E-state index >= 15 is 0 Å². The van der Waals surface area contributed by atoms with Crippen molar-refractivity contribution in [3.05, 3.63) is 60.2 Å². The molecule has 1 N–H and O–H groups in total. The Bertz CT molecular complexity index is 1680. The molecule has 5 rings (SSSR count). The van der Waals surface area contributed by atoms with Crippen LogP contribution < -0.4 is 19.7 Å². The Hall–Kier alpha value is -4.65. The lowest BCUT2D eigenvalue weighted by atomic mass is 10.1. The smallest absolute Gasteiger partial charge is 0.248 e. The van der Waals surface area contributed by atoms with Crippen molar-refractivity contribution < 1.29 is 28.7 Å². The van der Waals surface area contributed by atoms with E-state index in [0.717, 1.165) is 18.2 Å². The van der Waals surface area contributed by atoms with Gasteiger partial charge in [-0.15, -0.1) is 0 Å². The molecule has 2 saturated heterocycles. The van der Waals surface area contributed by atoms with E-state index in [-0.39, 0.29) is 22.8 Å². The number of hydrogen-bond acceptors (Lipinski definition) is 10. The number of anilines is 2. The Balaban J connectivity index is 1.34. The maximum absolute atomic E-state index is 13.9. The largest absolute Gasteiger partial charge is 0.493 e. The Labute approximate surface area is 284 Å². The SMILES string of the molecule is CCC=CC(=O)N1CCN(c2nc(NC(=O)C3CCCN3C(=O)C(C)CSC(=O)c3ccccc3)c3cc(OC)c(OC)cc3n2)CC1. The molecule has 2 atom stereocenters. The third kappa shape index (κ3) is 7.89. The van der Waals surface area contributed by atoms with Crippen LogP contribution in [0.15, 0.2) is 54.6 Å². The molecule has 0 saturated carbocycles. The van der Waals surface area contributed by atoms with Crippen molar-refractivity contribution in [2.75, 3.05) is 62.9 Å². The maximum atomic E-state index is 13.9. The number of rotatable bonds is 11. The van der Waals surface area contributed by atoms with Gasteiger partial charge in [0, 0.05) is 61.4 Å². The fourth-order valence-corrected chi connectivity index (χ4v) is 6.69. The molecule has 254 valence electrons. The number of piperazine rings is 1. The van der Waals surface area contributed by atoms with Gasteiger partial charge in [0.2, 0.25) is 28.8 Å². The van der Waals surface area contributed by atoms with Crippen LogP contribution in [0.2, 0.25) is 0 Å². The van der Waals surface area contributed by atoms with E-state index in [1.54, 1.807) is 54.2 Å². The molecule has 2 unspecified atom stereocenters. The highest BCUT2D eigenvalue weighted by molar-refractivity contribution is 8.14. The Morgan fingerprint density at radius 2 is 1.71 bits per heavy atom. The lowest BCUT2D eigenvalue weighted by Gasteiger charge is -2.34. The first kappa shape index (κ1) is 34.7. The molecule has 3 heterocycles. The van der Waals surface area contributed by atoms with Gasteiger partial charge in [0.25, 0.3) is 0 Å². The molecule has 3 aromatic rings. The predicted molar refractivity (Wildman–Crippen MR) is 187 cm³/mol. The van der Waals surface area contributed by atoms with Crippen molar-refractivity contribution in [2.24, 2.45) is 5.92 Å². The van der Waals surface area contributed by atoms with Crippen molar-refractivity contribution in [3.8, 4) is 11.5 Å². The minimum absolute atomic E-state index is 0.0212. The van der Waals surface area contributed by atoms with Crippen molar-refractivity contribution in [2.45, 2.75) is 39.2 Å². The van der Waals surface area contributed by atoms with Gasteiger partial charge in [0.1, 0.15) is 11.9 Å². The molecule has 0 radical (unpaired) electrons. The van der Waals surface area contributed by atoms with Gasteiger partial charge in [-0.25, -0.2) is 4.98 Å². The number of likely N-dealkylation sites (tertiary alicyclic amines) is 1. The molecule has 2 aromatic carbocycles. The molecule has 0 bridgehead atoms. The van der Waals surface area contributed by atoms with Gasteiger partial charge in [-0.05, 0) is 31.4 Å². The van der Waals surface area contributed by atoms with Gasteiger partial charge in [0.15, 0.2) is 11.5 Å². The summed E-state index contributed by atoms with van der Waals surface area (Å²) < 4.78 is 11.1. The summed E-state index contributed by atoms with van der Waals surface area (Å²) in [5.41, 5.74) is 1.14. The normalized spacial score (nSPS) is 17.1. The number of benzene rings is 2. The molecule has 2 aliphatic heterocycles. The summed E-state index contributed by atoms with van der Waals surface area (Å²) >= 11 is 1.11. The third-order valence-electron chi connectivity index (χ3n) is 8.54. The molecule has 0 spiro atoms. The molecular formula is C35H42N6O6S. The minimum atomic E-state index is -0.686. The molecular weight excluding hydrogens is 632 g/mol. The lowest BCUT2D eigenvalue weighted by molar-refractivity contribution is -0.139. The Morgan fingerprint density at radius 1 is 1.00 bits per heavy atom. The number of allylic oxidation sites excluding steroid dienone is 1. The van der Waals surface area contributed by atoms with Gasteiger partial charge in [-0.2, -0.15) is 4.98 Å². The standard InChI is InChI=1S/C35H42N6O6S/c1-5-6-14-30(42)39-16-18-40(19-17-39)35-36-26-21-29(47-4)28(46-3)20-25(26)31(38-35)37-32(43)27-13-10-15-41(27)33(44)23(2)22-48-34(45)24-11-8-7-9-12-24/h6-9,11-12,14,20-21,23,27H,5,10,13,15-19,22H2,1-4H3,(H,36,37,38,43). The van der Waals surface area contributed by atoms with Crippen LogP contribution in [0.25, 0.3) is 10.9 Å². The number of nitrogens with one attached hydrogen (secondary N) is 1. The monoisotopic (exact) mass is 674 g/mol. The van der Waals surface area contributed by atoms with E-state index in [1.807, 2.05) is 36.1 Å². The summed E-state index contributed by atoms with van der Waals surface area (Å²) in [5, 5.41) is 3.47. The summed E-state index contributed by atoms with van der Waals surface area (Å²) in [6, 6.07) is 11.8. The van der Waals surface area contributed by atoms with Gasteiger partial charge in [-0.1, -0.05) is 62.0 Å². The number of amides is 3. The molecule has 3 amide bonds. The van der Waals surface area contributed by atoms with Crippen LogP contribution >= 0.6 is 11.8 Å². The summed E-state index contributed by atoms with van der Waals surface area (Å²) in [7, 11) is 3.07. The Morgan fingerprint density at radius 3 is 2.40 bits per heavy atom. The highest BCUT2D eigenvalue weighted by Crippen LogP contribution is 2.35. The molecule has 2 aliphatic rings. The zero-order chi connectivity index (χ0) is 34.2. The Kier molecular flexibility index (Phi) is 11.5. The fourth-order valence-electron chi connectivity index (χ4n) is 5.85. The molecule has 48 heavy (non-hydrogen) atoms. The summed E-state index contributed by atoms with van der Waals surface area (Å²) in [6.45, 7) is 6.28. The molecule has 1 aromatic heterocycles. The van der Waals surface area contributed by atoms with Crippen LogP contribution in [-0.2, 0) is 14.4 Å². The highest BCUT2D eigenvalue weighted by Gasteiger charge is 2.36. The number of fused-ring (bicyclic) bond motifs is 1. The quantitative estimate of drug-likeness (QED) is 0.292. The second kappa shape index (κ2) is 16.0. The van der Waals surface area contributed by atoms with Crippen molar-refractivity contribution in [1.82, 2.24) is 19.8 Å². The zero-order valence-electron chi connectivity index (χ0n) is 27.8. The first-order valence-corrected chi connectivity index (χ1v) is 17.2. The summed E-state index contributed by atoms with van der Waals surface area (Å²) in [6.07, 6.45) is 5.44. The van der Waals surface area contributed by atoms with Gasteiger partial charge in [0.05, 0.1) is 19.7 Å². The second-order valence-corrected chi connectivity index (χ2v) is 12.8. The predicted octanol–water partition coefficient (Wildman–Crippen LogP) is 4.40. The molecule has 0 aliphatic carbocycles. The first-order chi connectivity index (χ1) is 23.2.